The van der Waals surface area contributed by atoms with E-state index in [9.17, 15) is 12.8 Å². The van der Waals surface area contributed by atoms with Crippen molar-refractivity contribution >= 4 is 10.0 Å². The lowest BCUT2D eigenvalue weighted by molar-refractivity contribution is 0.321. The van der Waals surface area contributed by atoms with Gasteiger partial charge in [-0.25, -0.2) is 22.5 Å². The molecule has 1 N–H and O–H groups in total. The van der Waals surface area contributed by atoms with Crippen LogP contribution >= 0.6 is 0 Å². The Kier molecular flexibility index (Phi) is 5.82. The van der Waals surface area contributed by atoms with E-state index in [4.69, 9.17) is 4.74 Å². The van der Waals surface area contributed by atoms with E-state index < -0.39 is 15.8 Å². The van der Waals surface area contributed by atoms with Crippen LogP contribution in [0.15, 0.2) is 59.9 Å². The second kappa shape index (κ2) is 8.28. The fraction of sp³-hybridized carbons (Fsp3) is 0.222. The first-order chi connectivity index (χ1) is 13.0. The lowest BCUT2D eigenvalue weighted by atomic mass is 10.3. The van der Waals surface area contributed by atoms with Crippen LogP contribution in [-0.4, -0.2) is 36.1 Å². The molecule has 0 saturated heterocycles. The topological polar surface area (TPSA) is 86.1 Å². The van der Waals surface area contributed by atoms with Crippen LogP contribution in [0.4, 0.5) is 4.39 Å². The molecule has 0 radical (unpaired) electrons. The summed E-state index contributed by atoms with van der Waals surface area (Å²) in [6.07, 6.45) is 5.03. The molecule has 0 atom stereocenters. The van der Waals surface area contributed by atoms with Gasteiger partial charge in [-0.2, -0.15) is 0 Å². The average Bonchev–Trinajstić information content (AvgIpc) is 3.12. The average molecular weight is 390 g/mol. The third-order valence-corrected chi connectivity index (χ3v) is 5.23. The van der Waals surface area contributed by atoms with Crippen LogP contribution in [0.1, 0.15) is 6.92 Å². The first kappa shape index (κ1) is 19.0. The predicted molar refractivity (Wildman–Crippen MR) is 98.2 cm³/mol. The highest BCUT2D eigenvalue weighted by Gasteiger charge is 2.17. The minimum atomic E-state index is -3.84. The Bertz CT molecular complexity index is 1010. The zero-order chi connectivity index (χ0) is 19.3. The summed E-state index contributed by atoms with van der Waals surface area (Å²) in [4.78, 5) is 8.35. The summed E-state index contributed by atoms with van der Waals surface area (Å²) in [6.45, 7) is 2.49. The Morgan fingerprint density at radius 1 is 1.19 bits per heavy atom. The van der Waals surface area contributed by atoms with E-state index in [2.05, 4.69) is 14.7 Å². The quantitative estimate of drug-likeness (QED) is 0.639. The molecule has 0 fully saturated rings. The summed E-state index contributed by atoms with van der Waals surface area (Å²) in [5, 5.41) is 0. The Morgan fingerprint density at radius 3 is 2.74 bits per heavy atom. The van der Waals surface area contributed by atoms with Gasteiger partial charge in [-0.05, 0) is 37.3 Å². The maximum Gasteiger partial charge on any atom is 0.240 e. The molecule has 0 spiro atoms. The summed E-state index contributed by atoms with van der Waals surface area (Å²) >= 11 is 0. The number of sulfonamides is 1. The molecule has 0 aliphatic rings. The van der Waals surface area contributed by atoms with Crippen molar-refractivity contribution in [1.29, 1.82) is 0 Å². The van der Waals surface area contributed by atoms with Crippen molar-refractivity contribution in [2.45, 2.75) is 18.4 Å². The molecule has 0 bridgehead atoms. The van der Waals surface area contributed by atoms with Gasteiger partial charge in [0.25, 0.3) is 0 Å². The molecule has 2 heterocycles. The van der Waals surface area contributed by atoms with E-state index in [0.717, 1.165) is 6.07 Å². The normalized spacial score (nSPS) is 11.5. The lowest BCUT2D eigenvalue weighted by Gasteiger charge is -2.11. The Morgan fingerprint density at radius 2 is 2.04 bits per heavy atom. The third-order valence-electron chi connectivity index (χ3n) is 3.77. The lowest BCUT2D eigenvalue weighted by Crippen LogP contribution is -2.27. The number of halogens is 1. The number of rotatable bonds is 8. The van der Waals surface area contributed by atoms with Gasteiger partial charge in [-0.3, -0.25) is 4.98 Å². The molecule has 0 amide bonds. The van der Waals surface area contributed by atoms with E-state index in [0.29, 0.717) is 24.7 Å². The number of ether oxygens (including phenoxy) is 1. The largest absolute Gasteiger partial charge is 0.491 e. The molecule has 1 aromatic carbocycles. The second-order valence-corrected chi connectivity index (χ2v) is 7.35. The van der Waals surface area contributed by atoms with E-state index in [1.165, 1.54) is 12.1 Å². The van der Waals surface area contributed by atoms with E-state index in [-0.39, 0.29) is 17.2 Å². The molecule has 3 aromatic rings. The fourth-order valence-electron chi connectivity index (χ4n) is 2.52. The monoisotopic (exact) mass is 390 g/mol. The molecule has 0 saturated carbocycles. The third kappa shape index (κ3) is 4.50. The molecule has 0 aliphatic heterocycles. The van der Waals surface area contributed by atoms with Crippen LogP contribution in [0, 0.1) is 5.82 Å². The van der Waals surface area contributed by atoms with Crippen LogP contribution in [0.25, 0.3) is 11.5 Å². The van der Waals surface area contributed by atoms with Gasteiger partial charge in [0.2, 0.25) is 10.0 Å². The number of aromatic nitrogens is 3. The van der Waals surface area contributed by atoms with Crippen LogP contribution in [-0.2, 0) is 16.6 Å². The number of benzene rings is 1. The molecule has 27 heavy (non-hydrogen) atoms. The highest BCUT2D eigenvalue weighted by molar-refractivity contribution is 7.89. The van der Waals surface area contributed by atoms with Crippen molar-refractivity contribution in [2.75, 3.05) is 13.2 Å². The van der Waals surface area contributed by atoms with Crippen LogP contribution in [0.3, 0.4) is 0 Å². The van der Waals surface area contributed by atoms with Crippen molar-refractivity contribution in [3.63, 3.8) is 0 Å². The molecule has 9 heteroatoms. The van der Waals surface area contributed by atoms with Crippen LogP contribution in [0.2, 0.25) is 0 Å². The summed E-state index contributed by atoms with van der Waals surface area (Å²) in [5.74, 6) is -0.0523. The molecule has 7 nitrogen and oxygen atoms in total. The maximum atomic E-state index is 13.9. The Balaban J connectivity index is 1.67. The minimum absolute atomic E-state index is 0.0230. The van der Waals surface area contributed by atoms with E-state index in [1.54, 1.807) is 36.1 Å². The van der Waals surface area contributed by atoms with E-state index in [1.807, 2.05) is 12.1 Å². The van der Waals surface area contributed by atoms with Gasteiger partial charge in [0, 0.05) is 31.7 Å². The van der Waals surface area contributed by atoms with Gasteiger partial charge in [-0.1, -0.05) is 6.07 Å². The summed E-state index contributed by atoms with van der Waals surface area (Å²) < 4.78 is 48.0. The highest BCUT2D eigenvalue weighted by Crippen LogP contribution is 2.21. The number of hydrogen-bond acceptors (Lipinski definition) is 5. The zero-order valence-corrected chi connectivity index (χ0v) is 15.5. The molecule has 2 aromatic heterocycles. The molecule has 3 rings (SSSR count). The Hall–Kier alpha value is -2.78. The highest BCUT2D eigenvalue weighted by atomic mass is 32.2. The van der Waals surface area contributed by atoms with Crippen LogP contribution < -0.4 is 9.46 Å². The molecule has 0 aliphatic carbocycles. The smallest absolute Gasteiger partial charge is 0.240 e. The fourth-order valence-corrected chi connectivity index (χ4v) is 3.56. The number of nitrogens with zero attached hydrogens (tertiary/aromatic N) is 3. The van der Waals surface area contributed by atoms with Gasteiger partial charge >= 0.3 is 0 Å². The predicted octanol–water partition coefficient (Wildman–Crippen LogP) is 2.46. The standard InChI is InChI=1S/C18H19FN4O3S/c1-2-26-17-7-6-14(13-15(17)19)27(24,25)22-10-12-23-11-9-21-18(23)16-5-3-4-8-20-16/h3-9,11,13,22H,2,10,12H2,1H3. The molecule has 0 unspecified atom stereocenters. The number of hydrogen-bond donors (Lipinski definition) is 1. The van der Waals surface area contributed by atoms with Gasteiger partial charge in [0.05, 0.1) is 11.5 Å². The molecular formula is C18H19FN4O3S. The second-order valence-electron chi connectivity index (χ2n) is 5.58. The SMILES string of the molecule is CCOc1ccc(S(=O)(=O)NCCn2ccnc2-c2ccccn2)cc1F. The minimum Gasteiger partial charge on any atom is -0.491 e. The first-order valence-corrected chi connectivity index (χ1v) is 9.84. The summed E-state index contributed by atoms with van der Waals surface area (Å²) in [5.41, 5.74) is 0.693. The van der Waals surface area contributed by atoms with Crippen molar-refractivity contribution in [3.05, 3.63) is 60.8 Å². The Labute approximate surface area is 156 Å². The number of imidazole rings is 1. The number of nitrogens with one attached hydrogen (secondary N) is 1. The van der Waals surface area contributed by atoms with Gasteiger partial charge in [0.1, 0.15) is 5.69 Å². The van der Waals surface area contributed by atoms with Crippen molar-refractivity contribution < 1.29 is 17.5 Å². The maximum absolute atomic E-state index is 13.9. The van der Waals surface area contributed by atoms with Crippen molar-refractivity contribution in [3.8, 4) is 17.3 Å². The first-order valence-electron chi connectivity index (χ1n) is 8.36. The van der Waals surface area contributed by atoms with Gasteiger partial charge < -0.3 is 9.30 Å². The molecular weight excluding hydrogens is 371 g/mol. The van der Waals surface area contributed by atoms with Gasteiger partial charge in [-0.15, -0.1) is 0 Å². The zero-order valence-electron chi connectivity index (χ0n) is 14.7. The number of pyridine rings is 1. The summed E-state index contributed by atoms with van der Waals surface area (Å²) in [7, 11) is -3.84. The summed E-state index contributed by atoms with van der Waals surface area (Å²) in [6, 6.07) is 9.05. The van der Waals surface area contributed by atoms with Crippen LogP contribution in [0.5, 0.6) is 5.75 Å². The molecule has 142 valence electrons. The van der Waals surface area contributed by atoms with Crippen molar-refractivity contribution in [2.24, 2.45) is 0 Å². The van der Waals surface area contributed by atoms with Gasteiger partial charge in [0.15, 0.2) is 17.4 Å². The van der Waals surface area contributed by atoms with E-state index >= 15 is 0 Å². The van der Waals surface area contributed by atoms with Crippen molar-refractivity contribution in [1.82, 2.24) is 19.3 Å².